The zero-order valence-corrected chi connectivity index (χ0v) is 12.9. The van der Waals surface area contributed by atoms with Crippen LogP contribution in [-0.2, 0) is 4.79 Å². The van der Waals surface area contributed by atoms with Crippen LogP contribution in [0.4, 0.5) is 5.82 Å². The van der Waals surface area contributed by atoms with E-state index in [9.17, 15) is 15.3 Å². The van der Waals surface area contributed by atoms with Crippen molar-refractivity contribution in [3.8, 4) is 12.1 Å². The number of hydrogen-bond donors (Lipinski definition) is 2. The zero-order chi connectivity index (χ0) is 16.1. The molecule has 4 N–H and O–H groups in total. The molecule has 1 aliphatic carbocycles. The first-order chi connectivity index (χ1) is 10.6. The number of thioether (sulfide) groups is 1. The Hall–Kier alpha value is -2.25. The molecule has 1 fully saturated rings. The third-order valence-corrected chi connectivity index (χ3v) is 4.82. The zero-order valence-electron chi connectivity index (χ0n) is 12.1. The van der Waals surface area contributed by atoms with Crippen LogP contribution in [0.25, 0.3) is 0 Å². The molecule has 7 heteroatoms. The van der Waals surface area contributed by atoms with Crippen molar-refractivity contribution in [2.45, 2.75) is 43.0 Å². The van der Waals surface area contributed by atoms with Crippen LogP contribution in [0.15, 0.2) is 5.03 Å². The molecule has 0 spiro atoms. The first-order valence-electron chi connectivity index (χ1n) is 7.13. The van der Waals surface area contributed by atoms with Crippen molar-refractivity contribution in [1.82, 2.24) is 4.98 Å². The minimum Gasteiger partial charge on any atom is -0.383 e. The average molecular weight is 315 g/mol. The molecule has 0 bridgehead atoms. The minimum atomic E-state index is -0.488. The summed E-state index contributed by atoms with van der Waals surface area (Å²) in [7, 11) is 0. The first kappa shape index (κ1) is 16.1. The molecule has 0 aromatic carbocycles. The fourth-order valence-electron chi connectivity index (χ4n) is 2.87. The number of amides is 1. The number of nitrogens with zero attached hydrogens (tertiary/aromatic N) is 3. The maximum atomic E-state index is 11.0. The Bertz CT molecular complexity index is 668. The Morgan fingerprint density at radius 1 is 1.23 bits per heavy atom. The highest BCUT2D eigenvalue weighted by Gasteiger charge is 2.26. The van der Waals surface area contributed by atoms with E-state index in [0.717, 1.165) is 37.4 Å². The number of hydrogen-bond acceptors (Lipinski definition) is 6. The standard InChI is InChI=1S/C15H17N5OS/c16-6-10-13(9-4-2-1-3-5-9)11(7-17)15(20-14(10)19)22-8-12(18)21/h9H,1-5,8H2,(H2,18,21)(H2,19,20). The van der Waals surface area contributed by atoms with Gasteiger partial charge in [0.15, 0.2) is 0 Å². The Morgan fingerprint density at radius 2 is 1.86 bits per heavy atom. The summed E-state index contributed by atoms with van der Waals surface area (Å²) in [6.07, 6.45) is 5.20. The molecule has 0 aliphatic heterocycles. The lowest BCUT2D eigenvalue weighted by molar-refractivity contribution is -0.115. The molecule has 0 saturated heterocycles. The number of carbonyl (C=O) groups excluding carboxylic acids is 1. The summed E-state index contributed by atoms with van der Waals surface area (Å²) >= 11 is 1.09. The van der Waals surface area contributed by atoms with Gasteiger partial charge in [0.1, 0.15) is 23.0 Å². The molecule has 0 radical (unpaired) electrons. The predicted molar refractivity (Wildman–Crippen MR) is 83.8 cm³/mol. The molecule has 1 aromatic heterocycles. The van der Waals surface area contributed by atoms with Gasteiger partial charge in [0.05, 0.1) is 16.9 Å². The van der Waals surface area contributed by atoms with E-state index in [-0.39, 0.29) is 17.5 Å². The Kier molecular flexibility index (Phi) is 5.24. The van der Waals surface area contributed by atoms with E-state index in [1.807, 2.05) is 0 Å². The van der Waals surface area contributed by atoms with E-state index in [2.05, 4.69) is 17.1 Å². The Labute approximate surface area is 133 Å². The highest BCUT2D eigenvalue weighted by molar-refractivity contribution is 8.00. The monoisotopic (exact) mass is 315 g/mol. The molecule has 22 heavy (non-hydrogen) atoms. The molecule has 1 aromatic rings. The lowest BCUT2D eigenvalue weighted by atomic mass is 9.80. The molecule has 2 rings (SSSR count). The summed E-state index contributed by atoms with van der Waals surface area (Å²) in [5.74, 6) is -0.194. The van der Waals surface area contributed by atoms with E-state index in [1.54, 1.807) is 0 Å². The fraction of sp³-hybridized carbons (Fsp3) is 0.467. The first-order valence-corrected chi connectivity index (χ1v) is 8.11. The third kappa shape index (κ3) is 3.32. The third-order valence-electron chi connectivity index (χ3n) is 3.82. The van der Waals surface area contributed by atoms with Crippen LogP contribution in [0, 0.1) is 22.7 Å². The van der Waals surface area contributed by atoms with Gasteiger partial charge in [-0.15, -0.1) is 0 Å². The number of primary amides is 1. The quantitative estimate of drug-likeness (QED) is 0.818. The molecule has 1 heterocycles. The molecule has 0 atom stereocenters. The van der Waals surface area contributed by atoms with Crippen LogP contribution in [-0.4, -0.2) is 16.6 Å². The second kappa shape index (κ2) is 7.15. The van der Waals surface area contributed by atoms with Crippen molar-refractivity contribution in [3.63, 3.8) is 0 Å². The lowest BCUT2D eigenvalue weighted by Gasteiger charge is -2.25. The van der Waals surface area contributed by atoms with E-state index in [0.29, 0.717) is 21.7 Å². The summed E-state index contributed by atoms with van der Waals surface area (Å²) in [5, 5.41) is 19.3. The normalized spacial score (nSPS) is 15.0. The van der Waals surface area contributed by atoms with Gasteiger partial charge in [0.25, 0.3) is 0 Å². The SMILES string of the molecule is N#Cc1c(N)nc(SCC(N)=O)c(C#N)c1C1CCCCC1. The van der Waals surface area contributed by atoms with E-state index >= 15 is 0 Å². The molecule has 1 aliphatic rings. The highest BCUT2D eigenvalue weighted by Crippen LogP contribution is 2.39. The number of anilines is 1. The minimum absolute atomic E-state index is 0.0249. The number of carbonyl (C=O) groups is 1. The van der Waals surface area contributed by atoms with Gasteiger partial charge in [-0.05, 0) is 24.3 Å². The fourth-order valence-corrected chi connectivity index (χ4v) is 3.61. The molecule has 1 amide bonds. The summed E-state index contributed by atoms with van der Waals surface area (Å²) < 4.78 is 0. The summed E-state index contributed by atoms with van der Waals surface area (Å²) in [6.45, 7) is 0. The van der Waals surface area contributed by atoms with Gasteiger partial charge in [0, 0.05) is 0 Å². The van der Waals surface area contributed by atoms with Crippen LogP contribution in [0.3, 0.4) is 0 Å². The molecule has 0 unspecified atom stereocenters. The van der Waals surface area contributed by atoms with Crippen LogP contribution < -0.4 is 11.5 Å². The summed E-state index contributed by atoms with van der Waals surface area (Å²) in [5.41, 5.74) is 12.4. The number of nitriles is 2. The topological polar surface area (TPSA) is 130 Å². The van der Waals surface area contributed by atoms with Crippen LogP contribution in [0.2, 0.25) is 0 Å². The smallest absolute Gasteiger partial charge is 0.227 e. The van der Waals surface area contributed by atoms with Gasteiger partial charge in [-0.1, -0.05) is 31.0 Å². The van der Waals surface area contributed by atoms with Crippen molar-refractivity contribution in [3.05, 3.63) is 16.7 Å². The van der Waals surface area contributed by atoms with E-state index in [4.69, 9.17) is 11.5 Å². The second-order valence-electron chi connectivity index (χ2n) is 5.28. The van der Waals surface area contributed by atoms with Gasteiger partial charge in [-0.25, -0.2) is 4.98 Å². The number of pyridine rings is 1. The maximum absolute atomic E-state index is 11.0. The van der Waals surface area contributed by atoms with Crippen molar-refractivity contribution in [1.29, 1.82) is 10.5 Å². The largest absolute Gasteiger partial charge is 0.383 e. The molecular formula is C15H17N5OS. The Balaban J connectivity index is 2.54. The number of nitrogen functional groups attached to an aromatic ring is 1. The summed E-state index contributed by atoms with van der Waals surface area (Å²) in [6, 6.07) is 4.23. The highest BCUT2D eigenvalue weighted by atomic mass is 32.2. The molecule has 6 nitrogen and oxygen atoms in total. The van der Waals surface area contributed by atoms with Gasteiger partial charge in [-0.3, -0.25) is 4.79 Å². The molecular weight excluding hydrogens is 298 g/mol. The van der Waals surface area contributed by atoms with Gasteiger partial charge < -0.3 is 11.5 Å². The van der Waals surface area contributed by atoms with Gasteiger partial charge >= 0.3 is 0 Å². The van der Waals surface area contributed by atoms with Crippen molar-refractivity contribution in [2.24, 2.45) is 5.73 Å². The second-order valence-corrected chi connectivity index (χ2v) is 6.24. The van der Waals surface area contributed by atoms with E-state index in [1.165, 1.54) is 6.42 Å². The predicted octanol–water partition coefficient (Wildman–Crippen LogP) is 2.03. The van der Waals surface area contributed by atoms with Crippen molar-refractivity contribution in [2.75, 3.05) is 11.5 Å². The lowest BCUT2D eigenvalue weighted by Crippen LogP contribution is -2.15. The molecule has 114 valence electrons. The van der Waals surface area contributed by atoms with Gasteiger partial charge in [-0.2, -0.15) is 10.5 Å². The Morgan fingerprint density at radius 3 is 2.41 bits per heavy atom. The molecule has 1 saturated carbocycles. The van der Waals surface area contributed by atoms with Gasteiger partial charge in [0.2, 0.25) is 5.91 Å². The number of nitrogens with two attached hydrogens (primary N) is 2. The van der Waals surface area contributed by atoms with Crippen LogP contribution in [0.5, 0.6) is 0 Å². The maximum Gasteiger partial charge on any atom is 0.227 e. The van der Waals surface area contributed by atoms with E-state index < -0.39 is 5.91 Å². The van der Waals surface area contributed by atoms with Crippen LogP contribution in [0.1, 0.15) is 54.7 Å². The van der Waals surface area contributed by atoms with Crippen molar-refractivity contribution < 1.29 is 4.79 Å². The number of aromatic nitrogens is 1. The average Bonchev–Trinajstić information content (AvgIpc) is 2.52. The van der Waals surface area contributed by atoms with Crippen molar-refractivity contribution >= 4 is 23.5 Å². The number of rotatable bonds is 4. The summed E-state index contributed by atoms with van der Waals surface area (Å²) in [4.78, 5) is 15.1. The van der Waals surface area contributed by atoms with Crippen LogP contribution >= 0.6 is 11.8 Å².